The number of carbonyl (C=O) groups excluding carboxylic acids is 2. The molecule has 0 aromatic heterocycles. The van der Waals surface area contributed by atoms with Crippen molar-refractivity contribution in [2.75, 3.05) is 0 Å². The van der Waals surface area contributed by atoms with Crippen molar-refractivity contribution in [1.29, 1.82) is 0 Å². The number of rotatable bonds is 3. The molecule has 2 fully saturated rings. The van der Waals surface area contributed by atoms with Crippen molar-refractivity contribution < 1.29 is 14.7 Å². The Morgan fingerprint density at radius 1 is 1.27 bits per heavy atom. The van der Waals surface area contributed by atoms with Crippen LogP contribution in [0.15, 0.2) is 30.3 Å². The molecule has 0 radical (unpaired) electrons. The summed E-state index contributed by atoms with van der Waals surface area (Å²) in [5.41, 5.74) is 0.603. The standard InChI is InChI=1S/C17H21NO3S/c1-11(19)18-17(14-9-5-8-13(14)10-15(17)20)22-16(21)12-6-3-2-4-7-12/h2-4,6-7,13-15,20H,5,8-10H2,1H3,(H,18,19). The predicted octanol–water partition coefficient (Wildman–Crippen LogP) is 2.57. The first-order valence-corrected chi connectivity index (χ1v) is 8.60. The van der Waals surface area contributed by atoms with Crippen LogP contribution in [0.5, 0.6) is 0 Å². The Balaban J connectivity index is 1.90. The first-order valence-electron chi connectivity index (χ1n) is 7.78. The number of aliphatic hydroxyl groups excluding tert-OH is 1. The molecular formula is C17H21NO3S. The van der Waals surface area contributed by atoms with Gasteiger partial charge in [0.15, 0.2) is 0 Å². The lowest BCUT2D eigenvalue weighted by molar-refractivity contribution is -0.121. The highest BCUT2D eigenvalue weighted by molar-refractivity contribution is 8.15. The molecule has 118 valence electrons. The average molecular weight is 319 g/mol. The lowest BCUT2D eigenvalue weighted by atomic mass is 9.96. The van der Waals surface area contributed by atoms with E-state index in [1.807, 2.05) is 18.2 Å². The van der Waals surface area contributed by atoms with E-state index in [2.05, 4.69) is 5.32 Å². The minimum Gasteiger partial charge on any atom is -0.390 e. The fourth-order valence-electron chi connectivity index (χ4n) is 4.00. The first kappa shape index (κ1) is 15.6. The van der Waals surface area contributed by atoms with Gasteiger partial charge < -0.3 is 10.4 Å². The van der Waals surface area contributed by atoms with E-state index in [0.717, 1.165) is 31.0 Å². The molecule has 22 heavy (non-hydrogen) atoms. The smallest absolute Gasteiger partial charge is 0.221 e. The monoisotopic (exact) mass is 319 g/mol. The maximum atomic E-state index is 12.6. The fraction of sp³-hybridized carbons (Fsp3) is 0.529. The maximum absolute atomic E-state index is 12.6. The molecule has 1 aromatic rings. The predicted molar refractivity (Wildman–Crippen MR) is 86.4 cm³/mol. The number of benzene rings is 1. The molecule has 0 spiro atoms. The summed E-state index contributed by atoms with van der Waals surface area (Å²) in [6.45, 7) is 1.45. The van der Waals surface area contributed by atoms with Crippen molar-refractivity contribution in [3.63, 3.8) is 0 Å². The summed E-state index contributed by atoms with van der Waals surface area (Å²) in [5, 5.41) is 13.4. The van der Waals surface area contributed by atoms with Crippen LogP contribution in [-0.4, -0.2) is 27.1 Å². The molecule has 2 N–H and O–H groups in total. The number of thioether (sulfide) groups is 1. The molecule has 0 heterocycles. The summed E-state index contributed by atoms with van der Waals surface area (Å²) < 4.78 is 0. The summed E-state index contributed by atoms with van der Waals surface area (Å²) in [6, 6.07) is 9.04. The van der Waals surface area contributed by atoms with Crippen molar-refractivity contribution in [2.45, 2.75) is 43.6 Å². The molecule has 0 saturated heterocycles. The Labute approximate surface area is 134 Å². The van der Waals surface area contributed by atoms with E-state index < -0.39 is 11.0 Å². The third kappa shape index (κ3) is 2.68. The quantitative estimate of drug-likeness (QED) is 0.840. The molecule has 2 aliphatic carbocycles. The van der Waals surface area contributed by atoms with Gasteiger partial charge >= 0.3 is 0 Å². The van der Waals surface area contributed by atoms with Gasteiger partial charge in [-0.15, -0.1) is 0 Å². The van der Waals surface area contributed by atoms with E-state index in [1.54, 1.807) is 12.1 Å². The Hall–Kier alpha value is -1.33. The molecule has 0 aliphatic heterocycles. The van der Waals surface area contributed by atoms with Crippen LogP contribution in [0.2, 0.25) is 0 Å². The van der Waals surface area contributed by atoms with Gasteiger partial charge in [0.1, 0.15) is 4.87 Å². The minimum absolute atomic E-state index is 0.0963. The number of fused-ring (bicyclic) bond motifs is 1. The normalized spacial score (nSPS) is 33.5. The third-order valence-electron chi connectivity index (χ3n) is 4.87. The van der Waals surface area contributed by atoms with Crippen LogP contribution in [0.4, 0.5) is 0 Å². The van der Waals surface area contributed by atoms with Crippen molar-refractivity contribution in [3.8, 4) is 0 Å². The lowest BCUT2D eigenvalue weighted by Gasteiger charge is -2.37. The highest BCUT2D eigenvalue weighted by Gasteiger charge is 2.58. The van der Waals surface area contributed by atoms with Crippen LogP contribution < -0.4 is 5.32 Å². The number of hydrogen-bond acceptors (Lipinski definition) is 4. The topological polar surface area (TPSA) is 66.4 Å². The molecule has 4 atom stereocenters. The van der Waals surface area contributed by atoms with Crippen LogP contribution in [0, 0.1) is 11.8 Å². The van der Waals surface area contributed by atoms with Crippen LogP contribution in [0.1, 0.15) is 43.0 Å². The highest BCUT2D eigenvalue weighted by Crippen LogP contribution is 2.55. The summed E-state index contributed by atoms with van der Waals surface area (Å²) >= 11 is 1.10. The number of amides is 1. The van der Waals surface area contributed by atoms with Gasteiger partial charge in [0.2, 0.25) is 11.0 Å². The number of aliphatic hydroxyl groups is 1. The number of nitrogens with one attached hydrogen (secondary N) is 1. The molecule has 4 unspecified atom stereocenters. The fourth-order valence-corrected chi connectivity index (χ4v) is 5.45. The van der Waals surface area contributed by atoms with Gasteiger partial charge in [-0.25, -0.2) is 0 Å². The number of carbonyl (C=O) groups is 2. The highest BCUT2D eigenvalue weighted by atomic mass is 32.2. The molecule has 0 bridgehead atoms. The van der Waals surface area contributed by atoms with E-state index >= 15 is 0 Å². The molecule has 2 saturated carbocycles. The second-order valence-corrected chi connectivity index (χ2v) is 7.53. The molecule has 2 aliphatic rings. The van der Waals surface area contributed by atoms with Gasteiger partial charge in [0, 0.05) is 12.5 Å². The number of hydrogen-bond donors (Lipinski definition) is 2. The zero-order valence-electron chi connectivity index (χ0n) is 12.6. The molecule has 1 aromatic carbocycles. The van der Waals surface area contributed by atoms with Gasteiger partial charge in [-0.1, -0.05) is 48.5 Å². The summed E-state index contributed by atoms with van der Waals surface area (Å²) in [4.78, 5) is 23.5. The summed E-state index contributed by atoms with van der Waals surface area (Å²) in [6.07, 6.45) is 3.12. The zero-order valence-corrected chi connectivity index (χ0v) is 13.4. The Morgan fingerprint density at radius 2 is 2.00 bits per heavy atom. The van der Waals surface area contributed by atoms with E-state index in [1.165, 1.54) is 6.92 Å². The Kier molecular flexibility index (Phi) is 4.28. The average Bonchev–Trinajstić information content (AvgIpc) is 3.03. The maximum Gasteiger partial charge on any atom is 0.221 e. The Morgan fingerprint density at radius 3 is 2.68 bits per heavy atom. The van der Waals surface area contributed by atoms with Gasteiger partial charge in [0.25, 0.3) is 0 Å². The van der Waals surface area contributed by atoms with E-state index in [-0.39, 0.29) is 16.9 Å². The molecule has 3 rings (SSSR count). The largest absolute Gasteiger partial charge is 0.390 e. The molecular weight excluding hydrogens is 298 g/mol. The Bertz CT molecular complexity index is 577. The van der Waals surface area contributed by atoms with Crippen molar-refractivity contribution >= 4 is 22.8 Å². The summed E-state index contributed by atoms with van der Waals surface area (Å²) in [5.74, 6) is 0.377. The van der Waals surface area contributed by atoms with Gasteiger partial charge in [-0.05, 0) is 31.1 Å². The van der Waals surface area contributed by atoms with Gasteiger partial charge in [-0.3, -0.25) is 9.59 Å². The second kappa shape index (κ2) is 6.05. The summed E-state index contributed by atoms with van der Waals surface area (Å²) in [7, 11) is 0. The van der Waals surface area contributed by atoms with Gasteiger partial charge in [-0.2, -0.15) is 0 Å². The van der Waals surface area contributed by atoms with Gasteiger partial charge in [0.05, 0.1) is 6.10 Å². The molecule has 5 heteroatoms. The minimum atomic E-state index is -0.875. The first-order chi connectivity index (χ1) is 10.5. The van der Waals surface area contributed by atoms with Crippen LogP contribution in [-0.2, 0) is 4.79 Å². The van der Waals surface area contributed by atoms with E-state index in [0.29, 0.717) is 17.9 Å². The van der Waals surface area contributed by atoms with Crippen LogP contribution >= 0.6 is 11.8 Å². The second-order valence-electron chi connectivity index (χ2n) is 6.28. The van der Waals surface area contributed by atoms with E-state index in [4.69, 9.17) is 0 Å². The molecule has 1 amide bonds. The van der Waals surface area contributed by atoms with Crippen molar-refractivity contribution in [3.05, 3.63) is 35.9 Å². The van der Waals surface area contributed by atoms with Crippen molar-refractivity contribution in [1.82, 2.24) is 5.32 Å². The molecule has 4 nitrogen and oxygen atoms in total. The van der Waals surface area contributed by atoms with Crippen molar-refractivity contribution in [2.24, 2.45) is 11.8 Å². The third-order valence-corrected chi connectivity index (χ3v) is 6.31. The SMILES string of the molecule is CC(=O)NC1(SC(=O)c2ccccc2)C(O)CC2CCCC21. The lowest BCUT2D eigenvalue weighted by Crippen LogP contribution is -2.55. The van der Waals surface area contributed by atoms with Crippen LogP contribution in [0.25, 0.3) is 0 Å². The van der Waals surface area contributed by atoms with Crippen LogP contribution in [0.3, 0.4) is 0 Å². The zero-order chi connectivity index (χ0) is 15.7. The van der Waals surface area contributed by atoms with E-state index in [9.17, 15) is 14.7 Å².